The third-order valence-electron chi connectivity index (χ3n) is 4.18. The molecule has 0 bridgehead atoms. The Kier molecular flexibility index (Phi) is 5.86. The van der Waals surface area contributed by atoms with Crippen LogP contribution in [0, 0.1) is 0 Å². The Labute approximate surface area is 178 Å². The summed E-state index contributed by atoms with van der Waals surface area (Å²) in [6.07, 6.45) is 0. The molecule has 1 aliphatic heterocycles. The number of ether oxygens (including phenoxy) is 1. The lowest BCUT2D eigenvalue weighted by atomic mass is 10.1. The molecule has 0 aliphatic carbocycles. The Morgan fingerprint density at radius 2 is 1.96 bits per heavy atom. The van der Waals surface area contributed by atoms with Crippen LogP contribution in [0.15, 0.2) is 45.6 Å². The fourth-order valence-electron chi connectivity index (χ4n) is 2.79. The molecule has 144 valence electrons. The number of thiophene rings is 1. The number of morpholine rings is 1. The van der Waals surface area contributed by atoms with E-state index in [1.807, 2.05) is 11.4 Å². The summed E-state index contributed by atoms with van der Waals surface area (Å²) in [5.41, 5.74) is 1.47. The molecule has 0 radical (unpaired) electrons. The number of halogens is 1. The highest BCUT2D eigenvalue weighted by Crippen LogP contribution is 2.32. The second-order valence-electron chi connectivity index (χ2n) is 6.11. The number of aromatic nitrogens is 1. The van der Waals surface area contributed by atoms with Crippen LogP contribution in [0.1, 0.15) is 20.8 Å². The Morgan fingerprint density at radius 3 is 2.71 bits per heavy atom. The molecule has 2 aromatic heterocycles. The lowest BCUT2D eigenvalue weighted by Crippen LogP contribution is -2.40. The van der Waals surface area contributed by atoms with Crippen LogP contribution in [0.2, 0.25) is 0 Å². The first-order chi connectivity index (χ1) is 13.6. The molecule has 1 saturated heterocycles. The van der Waals surface area contributed by atoms with E-state index in [4.69, 9.17) is 4.74 Å². The van der Waals surface area contributed by atoms with Crippen LogP contribution in [0.4, 0.5) is 5.69 Å². The smallest absolute Gasteiger partial charge is 0.275 e. The summed E-state index contributed by atoms with van der Waals surface area (Å²) in [6.45, 7) is 2.26. The molecule has 1 N–H and O–H groups in total. The molecular formula is C19H16BrN3O3S2. The molecular weight excluding hydrogens is 462 g/mol. The number of benzene rings is 1. The standard InChI is InChI=1S/C19H16BrN3O3S2/c20-13-9-16(27-10-13)18-22-15(11-28-18)17(24)21-14-3-1-2-12(8-14)19(25)23-4-6-26-7-5-23/h1-3,8-11H,4-7H2,(H,21,24). The van der Waals surface area contributed by atoms with Gasteiger partial charge in [-0.25, -0.2) is 4.98 Å². The Hall–Kier alpha value is -2.07. The second-order valence-corrected chi connectivity index (χ2v) is 8.79. The van der Waals surface area contributed by atoms with Gasteiger partial charge in [0.25, 0.3) is 11.8 Å². The molecule has 0 saturated carbocycles. The molecule has 1 aliphatic rings. The van der Waals surface area contributed by atoms with Gasteiger partial charge in [0.1, 0.15) is 10.7 Å². The molecule has 1 fully saturated rings. The van der Waals surface area contributed by atoms with Crippen LogP contribution in [-0.4, -0.2) is 48.0 Å². The van der Waals surface area contributed by atoms with E-state index in [-0.39, 0.29) is 11.8 Å². The van der Waals surface area contributed by atoms with Gasteiger partial charge in [-0.05, 0) is 40.2 Å². The lowest BCUT2D eigenvalue weighted by molar-refractivity contribution is 0.0303. The van der Waals surface area contributed by atoms with Gasteiger partial charge < -0.3 is 15.0 Å². The highest BCUT2D eigenvalue weighted by molar-refractivity contribution is 9.10. The Bertz CT molecular complexity index is 1010. The van der Waals surface area contributed by atoms with Crippen molar-refractivity contribution in [1.29, 1.82) is 0 Å². The predicted octanol–water partition coefficient (Wildman–Crippen LogP) is 4.36. The van der Waals surface area contributed by atoms with Crippen LogP contribution in [0.25, 0.3) is 9.88 Å². The van der Waals surface area contributed by atoms with Gasteiger partial charge in [-0.3, -0.25) is 9.59 Å². The molecule has 28 heavy (non-hydrogen) atoms. The van der Waals surface area contributed by atoms with Gasteiger partial charge in [-0.1, -0.05) is 6.07 Å². The molecule has 3 heterocycles. The third-order valence-corrected chi connectivity index (χ3v) is 6.88. The number of nitrogens with zero attached hydrogens (tertiary/aromatic N) is 2. The van der Waals surface area contributed by atoms with Crippen molar-refractivity contribution in [2.75, 3.05) is 31.6 Å². The zero-order chi connectivity index (χ0) is 19.5. The molecule has 6 nitrogen and oxygen atoms in total. The van der Waals surface area contributed by atoms with Crippen molar-refractivity contribution in [1.82, 2.24) is 9.88 Å². The van der Waals surface area contributed by atoms with Gasteiger partial charge in [0.2, 0.25) is 0 Å². The highest BCUT2D eigenvalue weighted by atomic mass is 79.9. The summed E-state index contributed by atoms with van der Waals surface area (Å²) in [7, 11) is 0. The van der Waals surface area contributed by atoms with Gasteiger partial charge in [-0.2, -0.15) is 0 Å². The number of amides is 2. The first-order valence-electron chi connectivity index (χ1n) is 8.58. The minimum Gasteiger partial charge on any atom is -0.378 e. The number of carbonyl (C=O) groups is 2. The predicted molar refractivity (Wildman–Crippen MR) is 114 cm³/mol. The maximum absolute atomic E-state index is 12.6. The van der Waals surface area contributed by atoms with Crippen LogP contribution in [0.5, 0.6) is 0 Å². The number of rotatable bonds is 4. The van der Waals surface area contributed by atoms with Crippen LogP contribution in [-0.2, 0) is 4.74 Å². The average molecular weight is 478 g/mol. The second kappa shape index (κ2) is 8.52. The van der Waals surface area contributed by atoms with Gasteiger partial charge in [0, 0.05) is 39.6 Å². The maximum atomic E-state index is 12.6. The first kappa shape index (κ1) is 19.3. The normalized spacial score (nSPS) is 14.1. The van der Waals surface area contributed by atoms with E-state index >= 15 is 0 Å². The molecule has 0 atom stereocenters. The van der Waals surface area contributed by atoms with Crippen molar-refractivity contribution in [3.05, 3.63) is 56.8 Å². The summed E-state index contributed by atoms with van der Waals surface area (Å²) < 4.78 is 6.28. The van der Waals surface area contributed by atoms with E-state index in [2.05, 4.69) is 26.2 Å². The van der Waals surface area contributed by atoms with E-state index < -0.39 is 0 Å². The number of anilines is 1. The number of hydrogen-bond donors (Lipinski definition) is 1. The SMILES string of the molecule is O=C(Nc1cccc(C(=O)N2CCOCC2)c1)c1csc(-c2cc(Br)cs2)n1. The van der Waals surface area contributed by atoms with E-state index in [1.54, 1.807) is 45.9 Å². The number of nitrogens with one attached hydrogen (secondary N) is 1. The molecule has 1 aromatic carbocycles. The fraction of sp³-hybridized carbons (Fsp3) is 0.211. The Morgan fingerprint density at radius 1 is 1.14 bits per heavy atom. The van der Waals surface area contributed by atoms with Gasteiger partial charge in [0.15, 0.2) is 0 Å². The quantitative estimate of drug-likeness (QED) is 0.605. The molecule has 2 amide bonds. The molecule has 9 heteroatoms. The van der Waals surface area contributed by atoms with Crippen molar-refractivity contribution in [3.63, 3.8) is 0 Å². The average Bonchev–Trinajstić information content (AvgIpc) is 3.37. The molecule has 0 spiro atoms. The number of thiazole rings is 1. The van der Waals surface area contributed by atoms with E-state index in [0.29, 0.717) is 43.2 Å². The number of carbonyl (C=O) groups excluding carboxylic acids is 2. The summed E-state index contributed by atoms with van der Waals surface area (Å²) in [4.78, 5) is 32.4. The van der Waals surface area contributed by atoms with Crippen molar-refractivity contribution in [2.24, 2.45) is 0 Å². The highest BCUT2D eigenvalue weighted by Gasteiger charge is 2.19. The van der Waals surface area contributed by atoms with Crippen molar-refractivity contribution >= 4 is 56.1 Å². The van der Waals surface area contributed by atoms with Crippen molar-refractivity contribution in [2.45, 2.75) is 0 Å². The molecule has 3 aromatic rings. The minimum absolute atomic E-state index is 0.0568. The fourth-order valence-corrected chi connectivity index (χ4v) is 5.10. The topological polar surface area (TPSA) is 71.5 Å². The zero-order valence-corrected chi connectivity index (χ0v) is 17.9. The van der Waals surface area contributed by atoms with Crippen molar-refractivity contribution < 1.29 is 14.3 Å². The van der Waals surface area contributed by atoms with Crippen molar-refractivity contribution in [3.8, 4) is 9.88 Å². The molecule has 4 rings (SSSR count). The van der Waals surface area contributed by atoms with Crippen LogP contribution >= 0.6 is 38.6 Å². The monoisotopic (exact) mass is 477 g/mol. The summed E-state index contributed by atoms with van der Waals surface area (Å²) in [6, 6.07) is 8.95. The van der Waals surface area contributed by atoms with E-state index in [1.165, 1.54) is 11.3 Å². The zero-order valence-electron chi connectivity index (χ0n) is 14.7. The molecule has 0 unspecified atom stereocenters. The summed E-state index contributed by atoms with van der Waals surface area (Å²) in [5, 5.41) is 7.35. The van der Waals surface area contributed by atoms with Gasteiger partial charge in [-0.15, -0.1) is 22.7 Å². The lowest BCUT2D eigenvalue weighted by Gasteiger charge is -2.27. The summed E-state index contributed by atoms with van der Waals surface area (Å²) >= 11 is 6.42. The first-order valence-corrected chi connectivity index (χ1v) is 11.1. The Balaban J connectivity index is 1.46. The van der Waals surface area contributed by atoms with Crippen LogP contribution in [0.3, 0.4) is 0 Å². The summed E-state index contributed by atoms with van der Waals surface area (Å²) in [5.74, 6) is -0.354. The number of hydrogen-bond acceptors (Lipinski definition) is 6. The largest absolute Gasteiger partial charge is 0.378 e. The third kappa shape index (κ3) is 4.33. The van der Waals surface area contributed by atoms with E-state index in [9.17, 15) is 9.59 Å². The van der Waals surface area contributed by atoms with Crippen LogP contribution < -0.4 is 5.32 Å². The van der Waals surface area contributed by atoms with E-state index in [0.717, 1.165) is 14.4 Å². The van der Waals surface area contributed by atoms with Gasteiger partial charge in [0.05, 0.1) is 18.1 Å². The van der Waals surface area contributed by atoms with Gasteiger partial charge >= 0.3 is 0 Å². The maximum Gasteiger partial charge on any atom is 0.275 e. The minimum atomic E-state index is -0.297.